The molecule has 0 spiro atoms. The van der Waals surface area contributed by atoms with E-state index in [0.29, 0.717) is 18.5 Å². The Labute approximate surface area is 171 Å². The average Bonchev–Trinajstić information content (AvgIpc) is 2.74. The van der Waals surface area contributed by atoms with E-state index in [1.807, 2.05) is 18.2 Å². The lowest BCUT2D eigenvalue weighted by Crippen LogP contribution is -2.35. The van der Waals surface area contributed by atoms with Gasteiger partial charge in [-0.3, -0.25) is 14.5 Å². The van der Waals surface area contributed by atoms with E-state index in [4.69, 9.17) is 0 Å². The summed E-state index contributed by atoms with van der Waals surface area (Å²) in [6.45, 7) is 3.10. The zero-order valence-corrected chi connectivity index (χ0v) is 16.7. The van der Waals surface area contributed by atoms with Crippen molar-refractivity contribution in [3.05, 3.63) is 70.3 Å². The predicted octanol–water partition coefficient (Wildman–Crippen LogP) is 3.09. The van der Waals surface area contributed by atoms with Gasteiger partial charge in [0.1, 0.15) is 0 Å². The Morgan fingerprint density at radius 1 is 1.07 bits per heavy atom. The van der Waals surface area contributed by atoms with Gasteiger partial charge >= 0.3 is 0 Å². The van der Waals surface area contributed by atoms with Crippen LogP contribution < -0.4 is 5.32 Å². The molecular formula is C24H28N2O3. The van der Waals surface area contributed by atoms with E-state index in [1.54, 1.807) is 12.1 Å². The van der Waals surface area contributed by atoms with Crippen LogP contribution in [-0.4, -0.2) is 40.9 Å². The third kappa shape index (κ3) is 4.74. The summed E-state index contributed by atoms with van der Waals surface area (Å²) in [5.41, 5.74) is 4.69. The summed E-state index contributed by atoms with van der Waals surface area (Å²) < 4.78 is 0. The third-order valence-electron chi connectivity index (χ3n) is 6.03. The quantitative estimate of drug-likeness (QED) is 0.820. The summed E-state index contributed by atoms with van der Waals surface area (Å²) in [6.07, 6.45) is 3.78. The number of aliphatic hydroxyl groups is 1. The number of Topliss-reactive ketones (excluding diaryl/α,β-unsaturated/α-hetero) is 1. The van der Waals surface area contributed by atoms with Crippen molar-refractivity contribution in [3.8, 4) is 0 Å². The maximum Gasteiger partial charge on any atom is 0.251 e. The summed E-state index contributed by atoms with van der Waals surface area (Å²) >= 11 is 0. The number of carbonyl (C=O) groups excluding carboxylic acids is 2. The third-order valence-corrected chi connectivity index (χ3v) is 6.03. The SMILES string of the molecule is O=C(NCc1ccccc1CN1CCC(O)CC1)c1ccc2c(c1)CCCC2=O. The Kier molecular flexibility index (Phi) is 6.07. The van der Waals surface area contributed by atoms with Gasteiger partial charge < -0.3 is 10.4 Å². The van der Waals surface area contributed by atoms with Gasteiger partial charge in [-0.2, -0.15) is 0 Å². The number of carbonyl (C=O) groups is 2. The molecule has 5 nitrogen and oxygen atoms in total. The predicted molar refractivity (Wildman–Crippen MR) is 112 cm³/mol. The highest BCUT2D eigenvalue weighted by Gasteiger charge is 2.20. The topological polar surface area (TPSA) is 69.6 Å². The molecule has 0 saturated carbocycles. The van der Waals surface area contributed by atoms with Crippen LogP contribution in [0.4, 0.5) is 0 Å². The molecule has 29 heavy (non-hydrogen) atoms. The molecule has 1 aliphatic heterocycles. The second kappa shape index (κ2) is 8.89. The van der Waals surface area contributed by atoms with Crippen LogP contribution in [0.3, 0.4) is 0 Å². The molecule has 1 saturated heterocycles. The van der Waals surface area contributed by atoms with Gasteiger partial charge in [0.15, 0.2) is 5.78 Å². The number of aliphatic hydroxyl groups excluding tert-OH is 1. The minimum atomic E-state index is -0.173. The van der Waals surface area contributed by atoms with Crippen molar-refractivity contribution in [1.82, 2.24) is 10.2 Å². The summed E-state index contributed by atoms with van der Waals surface area (Å²) in [5, 5.41) is 12.7. The van der Waals surface area contributed by atoms with Crippen LogP contribution in [0.15, 0.2) is 42.5 Å². The van der Waals surface area contributed by atoms with Crippen LogP contribution in [-0.2, 0) is 19.5 Å². The maximum atomic E-state index is 12.7. The van der Waals surface area contributed by atoms with Crippen molar-refractivity contribution in [3.63, 3.8) is 0 Å². The lowest BCUT2D eigenvalue weighted by Gasteiger charge is -2.30. The van der Waals surface area contributed by atoms with E-state index >= 15 is 0 Å². The normalized spacial score (nSPS) is 17.8. The summed E-state index contributed by atoms with van der Waals surface area (Å²) in [4.78, 5) is 27.0. The number of hydrogen-bond donors (Lipinski definition) is 2. The Morgan fingerprint density at radius 3 is 2.62 bits per heavy atom. The van der Waals surface area contributed by atoms with E-state index in [2.05, 4.69) is 22.3 Å². The highest BCUT2D eigenvalue weighted by molar-refractivity contribution is 6.00. The number of piperidine rings is 1. The minimum Gasteiger partial charge on any atom is -0.393 e. The second-order valence-electron chi connectivity index (χ2n) is 8.11. The van der Waals surface area contributed by atoms with E-state index < -0.39 is 0 Å². The molecule has 1 heterocycles. The molecule has 2 aromatic rings. The van der Waals surface area contributed by atoms with E-state index in [1.165, 1.54) is 5.56 Å². The van der Waals surface area contributed by atoms with Crippen molar-refractivity contribution in [2.24, 2.45) is 0 Å². The van der Waals surface area contributed by atoms with Gasteiger partial charge in [-0.1, -0.05) is 30.3 Å². The smallest absolute Gasteiger partial charge is 0.251 e. The van der Waals surface area contributed by atoms with E-state index in [9.17, 15) is 14.7 Å². The highest BCUT2D eigenvalue weighted by atomic mass is 16.3. The van der Waals surface area contributed by atoms with E-state index in [-0.39, 0.29) is 17.8 Å². The molecule has 2 aromatic carbocycles. The summed E-state index contributed by atoms with van der Waals surface area (Å²) in [7, 11) is 0. The summed E-state index contributed by atoms with van der Waals surface area (Å²) in [6, 6.07) is 13.6. The zero-order chi connectivity index (χ0) is 20.2. The Balaban J connectivity index is 1.40. The largest absolute Gasteiger partial charge is 0.393 e. The van der Waals surface area contributed by atoms with Gasteiger partial charge in [-0.05, 0) is 54.5 Å². The number of aryl methyl sites for hydroxylation is 1. The fourth-order valence-electron chi connectivity index (χ4n) is 4.27. The lowest BCUT2D eigenvalue weighted by atomic mass is 9.89. The van der Waals surface area contributed by atoms with E-state index in [0.717, 1.165) is 62.0 Å². The highest BCUT2D eigenvalue weighted by Crippen LogP contribution is 2.22. The molecule has 1 fully saturated rings. The van der Waals surface area contributed by atoms with Gasteiger partial charge in [0.05, 0.1) is 6.10 Å². The second-order valence-corrected chi connectivity index (χ2v) is 8.11. The summed E-state index contributed by atoms with van der Waals surface area (Å²) in [5.74, 6) is 0.0686. The molecule has 5 heteroatoms. The monoisotopic (exact) mass is 392 g/mol. The number of fused-ring (bicyclic) bond motifs is 1. The Bertz CT molecular complexity index is 901. The molecular weight excluding hydrogens is 364 g/mol. The zero-order valence-electron chi connectivity index (χ0n) is 16.7. The lowest BCUT2D eigenvalue weighted by molar-refractivity contribution is 0.0790. The van der Waals surface area contributed by atoms with Crippen LogP contribution in [0.2, 0.25) is 0 Å². The first kappa shape index (κ1) is 19.8. The number of ketones is 1. The molecule has 0 aromatic heterocycles. The number of nitrogens with zero attached hydrogens (tertiary/aromatic N) is 1. The molecule has 4 rings (SSSR count). The number of nitrogens with one attached hydrogen (secondary N) is 1. The number of amides is 1. The first-order valence-corrected chi connectivity index (χ1v) is 10.5. The first-order chi connectivity index (χ1) is 14.1. The van der Waals surface area contributed by atoms with Gasteiger partial charge in [0.25, 0.3) is 5.91 Å². The van der Waals surface area contributed by atoms with Gasteiger partial charge in [-0.15, -0.1) is 0 Å². The average molecular weight is 392 g/mol. The fourth-order valence-corrected chi connectivity index (χ4v) is 4.27. The van der Waals surface area contributed by atoms with Gasteiger partial charge in [-0.25, -0.2) is 0 Å². The van der Waals surface area contributed by atoms with Gasteiger partial charge in [0, 0.05) is 43.7 Å². The molecule has 152 valence electrons. The first-order valence-electron chi connectivity index (χ1n) is 10.5. The number of rotatable bonds is 5. The fraction of sp³-hybridized carbons (Fsp3) is 0.417. The standard InChI is InChI=1S/C24H28N2O3/c27-21-10-12-26(13-11-21)16-20-5-2-1-4-19(20)15-25-24(29)18-8-9-22-17(14-18)6-3-7-23(22)28/h1-2,4-5,8-9,14,21,27H,3,6-7,10-13,15-16H2,(H,25,29). The van der Waals surface area contributed by atoms with Crippen molar-refractivity contribution in [2.45, 2.75) is 51.3 Å². The molecule has 2 N–H and O–H groups in total. The number of likely N-dealkylation sites (tertiary alicyclic amines) is 1. The molecule has 1 aliphatic carbocycles. The molecule has 0 radical (unpaired) electrons. The molecule has 0 bridgehead atoms. The Morgan fingerprint density at radius 2 is 1.83 bits per heavy atom. The maximum absolute atomic E-state index is 12.7. The minimum absolute atomic E-state index is 0.110. The van der Waals surface area contributed by atoms with Crippen molar-refractivity contribution in [2.75, 3.05) is 13.1 Å². The molecule has 0 unspecified atom stereocenters. The van der Waals surface area contributed by atoms with Crippen molar-refractivity contribution in [1.29, 1.82) is 0 Å². The van der Waals surface area contributed by atoms with Crippen LogP contribution in [0.5, 0.6) is 0 Å². The Hall–Kier alpha value is -2.50. The molecule has 1 amide bonds. The number of hydrogen-bond acceptors (Lipinski definition) is 4. The van der Waals surface area contributed by atoms with Crippen molar-refractivity contribution < 1.29 is 14.7 Å². The van der Waals surface area contributed by atoms with Crippen LogP contribution in [0.1, 0.15) is 63.1 Å². The van der Waals surface area contributed by atoms with Crippen LogP contribution >= 0.6 is 0 Å². The van der Waals surface area contributed by atoms with Crippen LogP contribution in [0, 0.1) is 0 Å². The molecule has 2 aliphatic rings. The molecule has 0 atom stereocenters. The van der Waals surface area contributed by atoms with Gasteiger partial charge in [0.2, 0.25) is 0 Å². The number of benzene rings is 2. The van der Waals surface area contributed by atoms with Crippen LogP contribution in [0.25, 0.3) is 0 Å². The van der Waals surface area contributed by atoms with Crippen molar-refractivity contribution >= 4 is 11.7 Å².